The first-order chi connectivity index (χ1) is 8.15. The third-order valence-electron chi connectivity index (χ3n) is 2.72. The van der Waals surface area contributed by atoms with Crippen molar-refractivity contribution in [3.63, 3.8) is 0 Å². The Balaban J connectivity index is 2.78. The molecule has 0 aliphatic rings. The monoisotopic (exact) mass is 224 g/mol. The van der Waals surface area contributed by atoms with Gasteiger partial charge in [0.15, 0.2) is 0 Å². The van der Waals surface area contributed by atoms with E-state index in [4.69, 9.17) is 5.11 Å². The summed E-state index contributed by atoms with van der Waals surface area (Å²) in [6, 6.07) is 9.32. The van der Waals surface area contributed by atoms with Crippen LogP contribution in [-0.2, 0) is 0 Å². The van der Waals surface area contributed by atoms with Crippen LogP contribution in [0.5, 0.6) is 0 Å². The van der Waals surface area contributed by atoms with E-state index in [1.54, 1.807) is 18.2 Å². The average molecular weight is 224 g/mol. The molecule has 0 aromatic heterocycles. The molecule has 0 aliphatic carbocycles. The van der Waals surface area contributed by atoms with Crippen molar-refractivity contribution in [1.82, 2.24) is 0 Å². The molecule has 17 heavy (non-hydrogen) atoms. The Labute approximate surface area is 99.5 Å². The van der Waals surface area contributed by atoms with Gasteiger partial charge < -0.3 is 5.11 Å². The molecule has 0 heterocycles. The first-order valence-corrected chi connectivity index (χ1v) is 5.21. The van der Waals surface area contributed by atoms with Crippen LogP contribution in [0.4, 0.5) is 0 Å². The van der Waals surface area contributed by atoms with Crippen LogP contribution in [0.2, 0.25) is 0 Å². The molecule has 0 saturated carbocycles. The topological polar surface area (TPSA) is 37.3 Å². The number of benzene rings is 2. The third-order valence-corrected chi connectivity index (χ3v) is 2.72. The van der Waals surface area contributed by atoms with Crippen LogP contribution < -0.4 is 0 Å². The molecule has 0 fully saturated rings. The first-order valence-electron chi connectivity index (χ1n) is 5.21. The van der Waals surface area contributed by atoms with E-state index < -0.39 is 5.97 Å². The lowest BCUT2D eigenvalue weighted by molar-refractivity contribution is 0.0697. The minimum absolute atomic E-state index is 0.272. The maximum absolute atomic E-state index is 11.1. The lowest BCUT2D eigenvalue weighted by Crippen LogP contribution is -1.99. The second-order valence-electron chi connectivity index (χ2n) is 3.76. The van der Waals surface area contributed by atoms with Crippen molar-refractivity contribution in [3.8, 4) is 0 Å². The molecule has 0 spiro atoms. The number of aromatic carboxylic acids is 1. The van der Waals surface area contributed by atoms with Gasteiger partial charge in [-0.3, -0.25) is 0 Å². The fraction of sp³-hybridized carbons (Fsp3) is 0. The van der Waals surface area contributed by atoms with Crippen molar-refractivity contribution in [3.05, 3.63) is 60.2 Å². The van der Waals surface area contributed by atoms with Crippen LogP contribution in [0.15, 0.2) is 43.5 Å². The van der Waals surface area contributed by atoms with Crippen molar-refractivity contribution in [2.75, 3.05) is 0 Å². The zero-order chi connectivity index (χ0) is 12.4. The molecular weight excluding hydrogens is 212 g/mol. The van der Waals surface area contributed by atoms with Crippen molar-refractivity contribution >= 4 is 28.9 Å². The predicted octanol–water partition coefficient (Wildman–Crippen LogP) is 3.82. The smallest absolute Gasteiger partial charge is 0.336 e. The van der Waals surface area contributed by atoms with Gasteiger partial charge >= 0.3 is 5.97 Å². The van der Waals surface area contributed by atoms with Gasteiger partial charge in [0.1, 0.15) is 0 Å². The summed E-state index contributed by atoms with van der Waals surface area (Å²) in [5, 5.41) is 11.0. The Kier molecular flexibility index (Phi) is 2.79. The fourth-order valence-corrected chi connectivity index (χ4v) is 1.81. The van der Waals surface area contributed by atoms with Crippen molar-refractivity contribution in [2.45, 2.75) is 0 Å². The van der Waals surface area contributed by atoms with Crippen molar-refractivity contribution in [1.29, 1.82) is 0 Å². The molecule has 0 unspecified atom stereocenters. The number of hydrogen-bond acceptors (Lipinski definition) is 1. The zero-order valence-corrected chi connectivity index (χ0v) is 9.31. The quantitative estimate of drug-likeness (QED) is 0.860. The van der Waals surface area contributed by atoms with Crippen molar-refractivity contribution < 1.29 is 9.90 Å². The molecule has 2 rings (SSSR count). The molecule has 0 amide bonds. The summed E-state index contributed by atoms with van der Waals surface area (Å²) in [4.78, 5) is 11.1. The zero-order valence-electron chi connectivity index (χ0n) is 9.31. The van der Waals surface area contributed by atoms with Gasteiger partial charge in [0.2, 0.25) is 0 Å². The number of carbonyl (C=O) groups is 1. The Morgan fingerprint density at radius 1 is 1.06 bits per heavy atom. The molecule has 0 atom stereocenters. The summed E-state index contributed by atoms with van der Waals surface area (Å²) < 4.78 is 0. The van der Waals surface area contributed by atoms with E-state index in [0.29, 0.717) is 5.56 Å². The van der Waals surface area contributed by atoms with Crippen LogP contribution >= 0.6 is 0 Å². The Morgan fingerprint density at radius 3 is 2.41 bits per heavy atom. The second-order valence-corrected chi connectivity index (χ2v) is 3.76. The Hall–Kier alpha value is -2.35. The van der Waals surface area contributed by atoms with Gasteiger partial charge in [0.05, 0.1) is 5.56 Å². The lowest BCUT2D eigenvalue weighted by Gasteiger charge is -2.05. The number of fused-ring (bicyclic) bond motifs is 1. The number of carboxylic acids is 1. The molecule has 2 aromatic carbocycles. The maximum Gasteiger partial charge on any atom is 0.336 e. The lowest BCUT2D eigenvalue weighted by atomic mass is 9.99. The predicted molar refractivity (Wildman–Crippen MR) is 71.1 cm³/mol. The molecule has 2 aromatic rings. The summed E-state index contributed by atoms with van der Waals surface area (Å²) >= 11 is 0. The van der Waals surface area contributed by atoms with Crippen LogP contribution in [0.25, 0.3) is 22.9 Å². The van der Waals surface area contributed by atoms with E-state index in [1.807, 2.05) is 24.3 Å². The molecule has 0 aliphatic heterocycles. The maximum atomic E-state index is 11.1. The van der Waals surface area contributed by atoms with Crippen molar-refractivity contribution in [2.24, 2.45) is 0 Å². The molecular formula is C15H12O2. The highest BCUT2D eigenvalue weighted by Gasteiger charge is 2.09. The van der Waals surface area contributed by atoms with Crippen LogP contribution in [0.3, 0.4) is 0 Å². The van der Waals surface area contributed by atoms with Crippen LogP contribution in [-0.4, -0.2) is 11.1 Å². The van der Waals surface area contributed by atoms with Gasteiger partial charge in [0, 0.05) is 0 Å². The van der Waals surface area contributed by atoms with E-state index in [2.05, 4.69) is 13.2 Å². The van der Waals surface area contributed by atoms with E-state index in [0.717, 1.165) is 16.3 Å². The Bertz CT molecular complexity index is 624. The largest absolute Gasteiger partial charge is 0.478 e. The highest BCUT2D eigenvalue weighted by atomic mass is 16.4. The van der Waals surface area contributed by atoms with Gasteiger partial charge in [-0.25, -0.2) is 4.79 Å². The molecule has 0 radical (unpaired) electrons. The molecule has 1 N–H and O–H groups in total. The third kappa shape index (κ3) is 1.97. The molecule has 84 valence electrons. The van der Waals surface area contributed by atoms with E-state index in [1.165, 1.54) is 0 Å². The van der Waals surface area contributed by atoms with Gasteiger partial charge in [-0.1, -0.05) is 37.4 Å². The minimum atomic E-state index is -0.939. The average Bonchev–Trinajstić information content (AvgIpc) is 2.36. The van der Waals surface area contributed by atoms with Crippen LogP contribution in [0.1, 0.15) is 21.5 Å². The summed E-state index contributed by atoms with van der Waals surface area (Å²) in [6.45, 7) is 7.33. The first kappa shape index (κ1) is 11.1. The highest BCUT2D eigenvalue weighted by Crippen LogP contribution is 2.23. The molecule has 2 heteroatoms. The summed E-state index contributed by atoms with van der Waals surface area (Å²) in [5.41, 5.74) is 1.88. The summed E-state index contributed by atoms with van der Waals surface area (Å²) in [7, 11) is 0. The highest BCUT2D eigenvalue weighted by molar-refractivity contribution is 5.99. The van der Waals surface area contributed by atoms with Gasteiger partial charge in [0.25, 0.3) is 0 Å². The number of rotatable bonds is 3. The normalized spacial score (nSPS) is 10.1. The number of carboxylic acid groups (broad SMARTS) is 1. The van der Waals surface area contributed by atoms with Gasteiger partial charge in [-0.2, -0.15) is 0 Å². The summed E-state index contributed by atoms with van der Waals surface area (Å²) in [6.07, 6.45) is 3.30. The van der Waals surface area contributed by atoms with Gasteiger partial charge in [-0.05, 0) is 40.1 Å². The second kappa shape index (κ2) is 4.26. The molecule has 2 nitrogen and oxygen atoms in total. The molecule has 0 bridgehead atoms. The van der Waals surface area contributed by atoms with E-state index in [9.17, 15) is 4.79 Å². The van der Waals surface area contributed by atoms with E-state index >= 15 is 0 Å². The SMILES string of the molecule is C=Cc1ccc2cc(C=C)c(C(=O)O)cc2c1. The minimum Gasteiger partial charge on any atom is -0.478 e. The van der Waals surface area contributed by atoms with E-state index in [-0.39, 0.29) is 5.56 Å². The van der Waals surface area contributed by atoms with Gasteiger partial charge in [-0.15, -0.1) is 0 Å². The standard InChI is InChI=1S/C15H12O2/c1-3-10-5-6-12-8-11(4-2)14(15(16)17)9-13(12)7-10/h3-9H,1-2H2,(H,16,17). The van der Waals surface area contributed by atoms with Crippen LogP contribution in [0, 0.1) is 0 Å². The number of hydrogen-bond donors (Lipinski definition) is 1. The Morgan fingerprint density at radius 2 is 1.82 bits per heavy atom. The fourth-order valence-electron chi connectivity index (χ4n) is 1.81. The summed E-state index contributed by atoms with van der Waals surface area (Å²) in [5.74, 6) is -0.939. The molecule has 0 saturated heterocycles.